The van der Waals surface area contributed by atoms with Crippen LogP contribution in [0.5, 0.6) is 0 Å². The first kappa shape index (κ1) is 16.6. The van der Waals surface area contributed by atoms with Crippen LogP contribution in [-0.4, -0.2) is 50.1 Å². The number of benzene rings is 1. The summed E-state index contributed by atoms with van der Waals surface area (Å²) in [5.74, 6) is -0.00543. The lowest BCUT2D eigenvalue weighted by molar-refractivity contribution is 0.0247. The van der Waals surface area contributed by atoms with Gasteiger partial charge in [-0.05, 0) is 36.0 Å². The van der Waals surface area contributed by atoms with Gasteiger partial charge in [0.25, 0.3) is 5.91 Å². The van der Waals surface area contributed by atoms with E-state index >= 15 is 0 Å². The number of likely N-dealkylation sites (tertiary alicyclic amines) is 1. The molecule has 1 N–H and O–H groups in total. The van der Waals surface area contributed by atoms with Gasteiger partial charge in [-0.15, -0.1) is 5.10 Å². The first-order valence-electron chi connectivity index (χ1n) is 8.33. The Labute approximate surface area is 142 Å². The van der Waals surface area contributed by atoms with E-state index < -0.39 is 0 Å². The predicted molar refractivity (Wildman–Crippen MR) is 90.5 cm³/mol. The van der Waals surface area contributed by atoms with Gasteiger partial charge in [-0.2, -0.15) is 0 Å². The van der Waals surface area contributed by atoms with Gasteiger partial charge in [0.2, 0.25) is 0 Å². The van der Waals surface area contributed by atoms with E-state index in [1.807, 2.05) is 29.2 Å². The van der Waals surface area contributed by atoms with Crippen molar-refractivity contribution in [1.82, 2.24) is 19.9 Å². The first-order valence-corrected chi connectivity index (χ1v) is 8.33. The maximum atomic E-state index is 12.9. The number of aromatic nitrogens is 3. The Morgan fingerprint density at radius 1 is 1.33 bits per heavy atom. The van der Waals surface area contributed by atoms with Crippen LogP contribution in [0.3, 0.4) is 0 Å². The largest absolute Gasteiger partial charge is 0.394 e. The molecule has 128 valence electrons. The Hall–Kier alpha value is -2.21. The van der Waals surface area contributed by atoms with Crippen molar-refractivity contribution in [3.63, 3.8) is 0 Å². The number of piperidine rings is 1. The Morgan fingerprint density at radius 2 is 2.08 bits per heavy atom. The normalized spacial score (nSPS) is 20.1. The summed E-state index contributed by atoms with van der Waals surface area (Å²) >= 11 is 0. The summed E-state index contributed by atoms with van der Waals surface area (Å²) in [7, 11) is 0. The van der Waals surface area contributed by atoms with Crippen molar-refractivity contribution >= 4 is 5.91 Å². The number of amides is 1. The molecule has 1 atom stereocenters. The average Bonchev–Trinajstić information content (AvgIpc) is 3.07. The van der Waals surface area contributed by atoms with Crippen molar-refractivity contribution in [3.8, 4) is 0 Å². The third-order valence-electron chi connectivity index (χ3n) is 4.68. The van der Waals surface area contributed by atoms with Crippen molar-refractivity contribution in [1.29, 1.82) is 0 Å². The molecule has 1 saturated heterocycles. The lowest BCUT2D eigenvalue weighted by Crippen LogP contribution is -2.51. The van der Waals surface area contributed by atoms with Gasteiger partial charge in [0.15, 0.2) is 0 Å². The van der Waals surface area contributed by atoms with Gasteiger partial charge < -0.3 is 10.0 Å². The molecule has 0 bridgehead atoms. The molecular weight excluding hydrogens is 304 g/mol. The second-order valence-electron chi connectivity index (χ2n) is 7.27. The number of aliphatic hydroxyl groups excluding tert-OH is 1. The maximum Gasteiger partial charge on any atom is 0.254 e. The van der Waals surface area contributed by atoms with Gasteiger partial charge in [-0.3, -0.25) is 4.79 Å². The highest BCUT2D eigenvalue weighted by atomic mass is 16.3. The number of nitrogens with zero attached hydrogens (tertiary/aromatic N) is 4. The fourth-order valence-electron chi connectivity index (χ4n) is 3.23. The SMILES string of the molecule is CC1(C)CCC(CO)N(C(=O)c2ccc(Cn3ccnn3)cc2)C1. The first-order chi connectivity index (χ1) is 11.5. The van der Waals surface area contributed by atoms with Crippen molar-refractivity contribution in [2.75, 3.05) is 13.2 Å². The van der Waals surface area contributed by atoms with E-state index in [0.29, 0.717) is 18.7 Å². The predicted octanol–water partition coefficient (Wildman–Crippen LogP) is 1.95. The van der Waals surface area contributed by atoms with Crippen molar-refractivity contribution in [2.45, 2.75) is 39.3 Å². The third kappa shape index (κ3) is 3.64. The summed E-state index contributed by atoms with van der Waals surface area (Å²) in [5.41, 5.74) is 1.82. The number of hydrogen-bond acceptors (Lipinski definition) is 4. The van der Waals surface area contributed by atoms with Crippen LogP contribution in [-0.2, 0) is 6.54 Å². The van der Waals surface area contributed by atoms with E-state index in [2.05, 4.69) is 24.2 Å². The molecule has 6 heteroatoms. The van der Waals surface area contributed by atoms with Crippen LogP contribution in [0.4, 0.5) is 0 Å². The molecule has 1 unspecified atom stereocenters. The Morgan fingerprint density at radius 3 is 2.71 bits per heavy atom. The molecule has 0 radical (unpaired) electrons. The van der Waals surface area contributed by atoms with Crippen LogP contribution in [0.25, 0.3) is 0 Å². The fraction of sp³-hybridized carbons (Fsp3) is 0.500. The highest BCUT2D eigenvalue weighted by Crippen LogP contribution is 2.32. The van der Waals surface area contributed by atoms with Gasteiger partial charge in [-0.1, -0.05) is 31.2 Å². The monoisotopic (exact) mass is 328 g/mol. The van der Waals surface area contributed by atoms with Gasteiger partial charge in [0, 0.05) is 18.3 Å². The van der Waals surface area contributed by atoms with Crippen LogP contribution in [0.2, 0.25) is 0 Å². The summed E-state index contributed by atoms with van der Waals surface area (Å²) in [5, 5.41) is 17.3. The van der Waals surface area contributed by atoms with Gasteiger partial charge in [0.1, 0.15) is 0 Å². The summed E-state index contributed by atoms with van der Waals surface area (Å²) in [4.78, 5) is 14.7. The third-order valence-corrected chi connectivity index (χ3v) is 4.68. The summed E-state index contributed by atoms with van der Waals surface area (Å²) in [6.07, 6.45) is 5.32. The zero-order valence-electron chi connectivity index (χ0n) is 14.2. The quantitative estimate of drug-likeness (QED) is 0.931. The number of rotatable bonds is 4. The lowest BCUT2D eigenvalue weighted by Gasteiger charge is -2.43. The fourth-order valence-corrected chi connectivity index (χ4v) is 3.23. The van der Waals surface area contributed by atoms with Crippen LogP contribution in [0, 0.1) is 5.41 Å². The van der Waals surface area contributed by atoms with E-state index in [-0.39, 0.29) is 24.0 Å². The zero-order chi connectivity index (χ0) is 17.2. The van der Waals surface area contributed by atoms with Crippen LogP contribution >= 0.6 is 0 Å². The maximum absolute atomic E-state index is 12.9. The van der Waals surface area contributed by atoms with Crippen molar-refractivity contribution in [3.05, 3.63) is 47.8 Å². The molecule has 2 aromatic rings. The lowest BCUT2D eigenvalue weighted by atomic mass is 9.81. The minimum absolute atomic E-state index is 0.00543. The minimum atomic E-state index is -0.0830. The molecule has 1 aliphatic rings. The molecule has 1 aromatic carbocycles. The standard InChI is InChI=1S/C18H24N4O2/c1-18(2)8-7-16(12-23)22(13-18)17(24)15-5-3-14(4-6-15)11-21-10-9-19-20-21/h3-6,9-10,16,23H,7-8,11-13H2,1-2H3. The highest BCUT2D eigenvalue weighted by Gasteiger charge is 2.35. The minimum Gasteiger partial charge on any atom is -0.394 e. The van der Waals surface area contributed by atoms with Crippen molar-refractivity contribution in [2.24, 2.45) is 5.41 Å². The molecule has 0 spiro atoms. The number of hydrogen-bond donors (Lipinski definition) is 1. The summed E-state index contributed by atoms with van der Waals surface area (Å²) in [6.45, 7) is 5.67. The van der Waals surface area contributed by atoms with E-state index in [1.54, 1.807) is 17.1 Å². The van der Waals surface area contributed by atoms with Crippen LogP contribution < -0.4 is 0 Å². The molecule has 1 fully saturated rings. The zero-order valence-corrected chi connectivity index (χ0v) is 14.2. The van der Waals surface area contributed by atoms with E-state index in [1.165, 1.54) is 0 Å². The van der Waals surface area contributed by atoms with Gasteiger partial charge >= 0.3 is 0 Å². The molecule has 0 aliphatic carbocycles. The number of carbonyl (C=O) groups is 1. The highest BCUT2D eigenvalue weighted by molar-refractivity contribution is 5.94. The Balaban J connectivity index is 1.73. The summed E-state index contributed by atoms with van der Waals surface area (Å²) in [6, 6.07) is 7.51. The molecular formula is C18H24N4O2. The molecule has 2 heterocycles. The number of carbonyl (C=O) groups excluding carboxylic acids is 1. The molecule has 1 aromatic heterocycles. The van der Waals surface area contributed by atoms with E-state index in [0.717, 1.165) is 18.4 Å². The van der Waals surface area contributed by atoms with Gasteiger partial charge in [-0.25, -0.2) is 4.68 Å². The van der Waals surface area contributed by atoms with Gasteiger partial charge in [0.05, 0.1) is 25.4 Å². The Bertz CT molecular complexity index is 680. The molecule has 24 heavy (non-hydrogen) atoms. The van der Waals surface area contributed by atoms with Crippen molar-refractivity contribution < 1.29 is 9.90 Å². The second kappa shape index (κ2) is 6.73. The second-order valence-corrected chi connectivity index (χ2v) is 7.27. The Kier molecular flexibility index (Phi) is 4.66. The summed E-state index contributed by atoms with van der Waals surface area (Å²) < 4.78 is 1.74. The molecule has 0 saturated carbocycles. The van der Waals surface area contributed by atoms with E-state index in [9.17, 15) is 9.90 Å². The molecule has 6 nitrogen and oxygen atoms in total. The topological polar surface area (TPSA) is 71.2 Å². The van der Waals surface area contributed by atoms with Crippen LogP contribution in [0.1, 0.15) is 42.6 Å². The van der Waals surface area contributed by atoms with E-state index in [4.69, 9.17) is 0 Å². The van der Waals surface area contributed by atoms with Crippen LogP contribution in [0.15, 0.2) is 36.7 Å². The molecule has 1 aliphatic heterocycles. The number of aliphatic hydroxyl groups is 1. The molecule has 3 rings (SSSR count). The smallest absolute Gasteiger partial charge is 0.254 e. The average molecular weight is 328 g/mol. The molecule has 1 amide bonds.